The molecule has 0 aliphatic carbocycles. The van der Waals surface area contributed by atoms with E-state index in [2.05, 4.69) is 9.97 Å². The average Bonchev–Trinajstić information content (AvgIpc) is 2.55. The molecule has 1 aromatic carbocycles. The Bertz CT molecular complexity index is 850. The van der Waals surface area contributed by atoms with E-state index in [9.17, 15) is 0 Å². The van der Waals surface area contributed by atoms with E-state index in [1.165, 1.54) is 0 Å². The van der Waals surface area contributed by atoms with Crippen LogP contribution >= 0.6 is 37.0 Å². The Balaban J connectivity index is 0.00000156. The first kappa shape index (κ1) is 20.9. The standard InChI is InChI=1S/C17H17N5S.2ClH/c1-21(2)12-5-7-13(8-6-12)22(17(18)23)15-9-11-19-14-4-3-10-20-16(14)15;;/h3-11H,1-2H3,(H2,18,23);2*1H. The highest BCUT2D eigenvalue weighted by Gasteiger charge is 2.16. The van der Waals surface area contributed by atoms with Gasteiger partial charge in [0.1, 0.15) is 5.52 Å². The number of benzene rings is 1. The molecule has 2 aromatic heterocycles. The smallest absolute Gasteiger partial charge is 0.175 e. The molecule has 132 valence electrons. The number of halogens is 2. The van der Waals surface area contributed by atoms with Crippen molar-refractivity contribution in [1.29, 1.82) is 0 Å². The summed E-state index contributed by atoms with van der Waals surface area (Å²) in [5.74, 6) is 0. The van der Waals surface area contributed by atoms with Crippen LogP contribution in [-0.2, 0) is 0 Å². The molecule has 0 saturated heterocycles. The first-order valence-corrected chi connectivity index (χ1v) is 7.55. The third-order valence-corrected chi connectivity index (χ3v) is 3.74. The van der Waals surface area contributed by atoms with Crippen molar-refractivity contribution in [2.75, 3.05) is 23.9 Å². The molecule has 2 heterocycles. The van der Waals surface area contributed by atoms with Gasteiger partial charge in [-0.05, 0) is 54.7 Å². The molecule has 25 heavy (non-hydrogen) atoms. The number of hydrogen-bond donors (Lipinski definition) is 1. The zero-order valence-corrected chi connectivity index (χ0v) is 16.2. The van der Waals surface area contributed by atoms with Crippen LogP contribution in [-0.4, -0.2) is 29.2 Å². The topological polar surface area (TPSA) is 58.3 Å². The molecular weight excluding hydrogens is 377 g/mol. The van der Waals surface area contributed by atoms with Crippen molar-refractivity contribution >= 4 is 70.2 Å². The lowest BCUT2D eigenvalue weighted by molar-refractivity contribution is 1.13. The zero-order valence-electron chi connectivity index (χ0n) is 13.8. The van der Waals surface area contributed by atoms with Crippen LogP contribution in [0.2, 0.25) is 0 Å². The highest BCUT2D eigenvalue weighted by atomic mass is 35.5. The SMILES string of the molecule is CN(C)c1ccc(N(C(N)=S)c2ccnc3cccnc23)cc1.Cl.Cl. The van der Waals surface area contributed by atoms with E-state index >= 15 is 0 Å². The number of hydrogen-bond acceptors (Lipinski definition) is 4. The van der Waals surface area contributed by atoms with E-state index < -0.39 is 0 Å². The quantitative estimate of drug-likeness (QED) is 0.678. The monoisotopic (exact) mass is 395 g/mol. The summed E-state index contributed by atoms with van der Waals surface area (Å²) in [4.78, 5) is 12.6. The number of aromatic nitrogens is 2. The van der Waals surface area contributed by atoms with Gasteiger partial charge in [-0.15, -0.1) is 24.8 Å². The Kier molecular flexibility index (Phi) is 7.36. The molecular formula is C17H19Cl2N5S. The maximum Gasteiger partial charge on any atom is 0.175 e. The fourth-order valence-corrected chi connectivity index (χ4v) is 2.63. The molecule has 0 spiro atoms. The number of nitrogens with two attached hydrogens (primary N) is 1. The summed E-state index contributed by atoms with van der Waals surface area (Å²) < 4.78 is 0. The molecule has 0 amide bonds. The predicted octanol–water partition coefficient (Wildman–Crippen LogP) is 3.92. The lowest BCUT2D eigenvalue weighted by Gasteiger charge is -2.24. The van der Waals surface area contributed by atoms with Crippen molar-refractivity contribution in [2.24, 2.45) is 5.73 Å². The molecule has 0 aliphatic rings. The number of pyridine rings is 2. The summed E-state index contributed by atoms with van der Waals surface area (Å²) in [6.45, 7) is 0. The molecule has 2 N–H and O–H groups in total. The van der Waals surface area contributed by atoms with Gasteiger partial charge < -0.3 is 10.6 Å². The van der Waals surface area contributed by atoms with Crippen LogP contribution in [0.1, 0.15) is 0 Å². The summed E-state index contributed by atoms with van der Waals surface area (Å²) in [6.07, 6.45) is 3.47. The molecule has 0 fully saturated rings. The number of fused-ring (bicyclic) bond motifs is 1. The fourth-order valence-electron chi connectivity index (χ4n) is 2.43. The van der Waals surface area contributed by atoms with Gasteiger partial charge in [0, 0.05) is 37.9 Å². The van der Waals surface area contributed by atoms with Gasteiger partial charge in [0.25, 0.3) is 0 Å². The third kappa shape index (κ3) is 4.28. The van der Waals surface area contributed by atoms with Crippen molar-refractivity contribution in [3.05, 3.63) is 54.9 Å². The van der Waals surface area contributed by atoms with Gasteiger partial charge in [0.05, 0.1) is 11.2 Å². The van der Waals surface area contributed by atoms with Crippen LogP contribution in [0.4, 0.5) is 17.1 Å². The minimum atomic E-state index is 0. The molecule has 5 nitrogen and oxygen atoms in total. The molecule has 0 aliphatic heterocycles. The lowest BCUT2D eigenvalue weighted by atomic mass is 10.2. The van der Waals surface area contributed by atoms with Crippen molar-refractivity contribution in [3.8, 4) is 0 Å². The normalized spacial score (nSPS) is 9.68. The first-order chi connectivity index (χ1) is 11.1. The van der Waals surface area contributed by atoms with Crippen molar-refractivity contribution < 1.29 is 0 Å². The van der Waals surface area contributed by atoms with E-state index in [1.807, 2.05) is 66.4 Å². The molecule has 0 radical (unpaired) electrons. The first-order valence-electron chi connectivity index (χ1n) is 7.14. The van der Waals surface area contributed by atoms with Crippen LogP contribution in [0, 0.1) is 0 Å². The number of anilines is 3. The highest BCUT2D eigenvalue weighted by molar-refractivity contribution is 7.80. The Hall–Kier alpha value is -2.15. The van der Waals surface area contributed by atoms with E-state index in [-0.39, 0.29) is 29.9 Å². The van der Waals surface area contributed by atoms with Crippen molar-refractivity contribution in [2.45, 2.75) is 0 Å². The molecule has 8 heteroatoms. The molecule has 0 saturated carbocycles. The maximum absolute atomic E-state index is 5.99. The average molecular weight is 396 g/mol. The molecule has 0 bridgehead atoms. The number of thiocarbonyl (C=S) groups is 1. The van der Waals surface area contributed by atoms with E-state index in [4.69, 9.17) is 18.0 Å². The molecule has 3 aromatic rings. The van der Waals surface area contributed by atoms with Crippen LogP contribution < -0.4 is 15.5 Å². The van der Waals surface area contributed by atoms with Gasteiger partial charge in [-0.2, -0.15) is 0 Å². The third-order valence-electron chi connectivity index (χ3n) is 3.56. The van der Waals surface area contributed by atoms with Gasteiger partial charge in [0.2, 0.25) is 0 Å². The summed E-state index contributed by atoms with van der Waals surface area (Å²) in [5.41, 5.74) is 10.4. The molecule has 0 atom stereocenters. The Morgan fingerprint density at radius 3 is 2.16 bits per heavy atom. The Morgan fingerprint density at radius 1 is 0.920 bits per heavy atom. The molecule has 3 rings (SSSR count). The Labute approximate surface area is 164 Å². The van der Waals surface area contributed by atoms with E-state index in [1.54, 1.807) is 12.4 Å². The van der Waals surface area contributed by atoms with E-state index in [0.29, 0.717) is 0 Å². The summed E-state index contributed by atoms with van der Waals surface area (Å²) >= 11 is 5.27. The zero-order chi connectivity index (χ0) is 16.4. The van der Waals surface area contributed by atoms with Gasteiger partial charge in [-0.25, -0.2) is 0 Å². The van der Waals surface area contributed by atoms with Crippen molar-refractivity contribution in [3.63, 3.8) is 0 Å². The van der Waals surface area contributed by atoms with Crippen LogP contribution in [0.25, 0.3) is 11.0 Å². The highest BCUT2D eigenvalue weighted by Crippen LogP contribution is 2.31. The van der Waals surface area contributed by atoms with Crippen LogP contribution in [0.15, 0.2) is 54.9 Å². The summed E-state index contributed by atoms with van der Waals surface area (Å²) in [7, 11) is 4.00. The number of rotatable bonds is 3. The molecule has 0 unspecified atom stereocenters. The van der Waals surface area contributed by atoms with Gasteiger partial charge >= 0.3 is 0 Å². The second kappa shape index (κ2) is 8.80. The minimum absolute atomic E-state index is 0. The minimum Gasteiger partial charge on any atom is -0.378 e. The van der Waals surface area contributed by atoms with Gasteiger partial charge in [-0.3, -0.25) is 14.9 Å². The van der Waals surface area contributed by atoms with Crippen LogP contribution in [0.5, 0.6) is 0 Å². The second-order valence-corrected chi connectivity index (χ2v) is 5.70. The number of nitrogens with zero attached hydrogens (tertiary/aromatic N) is 4. The summed E-state index contributed by atoms with van der Waals surface area (Å²) in [6, 6.07) is 13.7. The Morgan fingerprint density at radius 2 is 1.56 bits per heavy atom. The van der Waals surface area contributed by atoms with Gasteiger partial charge in [0.15, 0.2) is 5.11 Å². The maximum atomic E-state index is 5.99. The summed E-state index contributed by atoms with van der Waals surface area (Å²) in [5, 5.41) is 0.265. The van der Waals surface area contributed by atoms with Gasteiger partial charge in [-0.1, -0.05) is 0 Å². The predicted molar refractivity (Wildman–Crippen MR) is 114 cm³/mol. The lowest BCUT2D eigenvalue weighted by Crippen LogP contribution is -2.31. The van der Waals surface area contributed by atoms with Crippen LogP contribution in [0.3, 0.4) is 0 Å². The second-order valence-electron chi connectivity index (χ2n) is 5.29. The largest absolute Gasteiger partial charge is 0.378 e. The fraction of sp³-hybridized carbons (Fsp3) is 0.118. The van der Waals surface area contributed by atoms with Crippen molar-refractivity contribution in [1.82, 2.24) is 9.97 Å². The van der Waals surface area contributed by atoms with E-state index in [0.717, 1.165) is 28.1 Å².